The van der Waals surface area contributed by atoms with Crippen LogP contribution in [0, 0.1) is 5.92 Å². The van der Waals surface area contributed by atoms with Crippen LogP contribution in [0.3, 0.4) is 0 Å². The summed E-state index contributed by atoms with van der Waals surface area (Å²) in [6, 6.07) is 4.92. The molecule has 1 saturated carbocycles. The van der Waals surface area contributed by atoms with Gasteiger partial charge in [0.05, 0.1) is 0 Å². The van der Waals surface area contributed by atoms with E-state index in [-0.39, 0.29) is 0 Å². The molecule has 94 valence electrons. The van der Waals surface area contributed by atoms with E-state index in [1.807, 2.05) is 18.5 Å². The highest BCUT2D eigenvalue weighted by atomic mass is 14.9. The number of aromatic nitrogens is 1. The highest BCUT2D eigenvalue weighted by molar-refractivity contribution is 5.08. The maximum atomic E-state index is 4.15. The molecule has 2 heteroatoms. The van der Waals surface area contributed by atoms with E-state index < -0.39 is 0 Å². The molecule has 2 nitrogen and oxygen atoms in total. The van der Waals surface area contributed by atoms with E-state index in [2.05, 4.69) is 23.3 Å². The minimum absolute atomic E-state index is 0.747. The van der Waals surface area contributed by atoms with Crippen LogP contribution in [0.1, 0.15) is 44.6 Å². The van der Waals surface area contributed by atoms with Crippen molar-refractivity contribution in [2.24, 2.45) is 5.92 Å². The van der Waals surface area contributed by atoms with Crippen molar-refractivity contribution < 1.29 is 0 Å². The Morgan fingerprint density at radius 1 is 1.29 bits per heavy atom. The van der Waals surface area contributed by atoms with E-state index in [9.17, 15) is 0 Å². The molecule has 1 aliphatic rings. The van der Waals surface area contributed by atoms with Gasteiger partial charge in [-0.3, -0.25) is 4.98 Å². The molecule has 2 unspecified atom stereocenters. The van der Waals surface area contributed by atoms with Crippen molar-refractivity contribution in [2.45, 2.75) is 51.5 Å². The van der Waals surface area contributed by atoms with Crippen LogP contribution >= 0.6 is 0 Å². The highest BCUT2D eigenvalue weighted by Crippen LogP contribution is 2.22. The Hall–Kier alpha value is -0.890. The predicted molar refractivity (Wildman–Crippen MR) is 72.0 cm³/mol. The molecule has 1 fully saturated rings. The summed E-state index contributed by atoms with van der Waals surface area (Å²) in [4.78, 5) is 4.15. The van der Waals surface area contributed by atoms with Crippen molar-refractivity contribution in [1.82, 2.24) is 10.3 Å². The Morgan fingerprint density at radius 3 is 3.06 bits per heavy atom. The molecule has 17 heavy (non-hydrogen) atoms. The van der Waals surface area contributed by atoms with Gasteiger partial charge < -0.3 is 5.32 Å². The van der Waals surface area contributed by atoms with Crippen LogP contribution in [-0.4, -0.2) is 17.6 Å². The molecular weight excluding hydrogens is 208 g/mol. The van der Waals surface area contributed by atoms with E-state index in [0.717, 1.165) is 24.9 Å². The Bertz CT molecular complexity index is 310. The number of rotatable bonds is 4. The minimum atomic E-state index is 0.747. The summed E-state index contributed by atoms with van der Waals surface area (Å²) < 4.78 is 0. The second-order valence-electron chi connectivity index (χ2n) is 5.38. The van der Waals surface area contributed by atoms with Crippen molar-refractivity contribution in [3.63, 3.8) is 0 Å². The fraction of sp³-hybridized carbons (Fsp3) is 0.667. The summed E-state index contributed by atoms with van der Waals surface area (Å²) in [7, 11) is 0. The lowest BCUT2D eigenvalue weighted by atomic mass is 10.0. The topological polar surface area (TPSA) is 24.9 Å². The van der Waals surface area contributed by atoms with Crippen molar-refractivity contribution in [3.05, 3.63) is 30.1 Å². The van der Waals surface area contributed by atoms with Gasteiger partial charge in [-0.2, -0.15) is 0 Å². The number of hydrogen-bond acceptors (Lipinski definition) is 2. The molecular formula is C15H24N2. The second kappa shape index (κ2) is 6.75. The average Bonchev–Trinajstić information content (AvgIpc) is 2.56. The van der Waals surface area contributed by atoms with E-state index >= 15 is 0 Å². The van der Waals surface area contributed by atoms with Crippen LogP contribution < -0.4 is 5.32 Å². The quantitative estimate of drug-likeness (QED) is 0.806. The molecule has 1 aromatic rings. The second-order valence-corrected chi connectivity index (χ2v) is 5.38. The maximum Gasteiger partial charge on any atom is 0.0300 e. The van der Waals surface area contributed by atoms with Crippen molar-refractivity contribution in [3.8, 4) is 0 Å². The first-order chi connectivity index (χ1) is 8.34. The molecule has 0 amide bonds. The Labute approximate surface area is 105 Å². The van der Waals surface area contributed by atoms with Gasteiger partial charge in [-0.1, -0.05) is 25.8 Å². The van der Waals surface area contributed by atoms with Crippen LogP contribution in [0.5, 0.6) is 0 Å². The van der Waals surface area contributed by atoms with Gasteiger partial charge in [-0.05, 0) is 49.8 Å². The summed E-state index contributed by atoms with van der Waals surface area (Å²) >= 11 is 0. The summed E-state index contributed by atoms with van der Waals surface area (Å²) in [6.45, 7) is 3.47. The zero-order chi connectivity index (χ0) is 11.9. The van der Waals surface area contributed by atoms with E-state index in [1.54, 1.807) is 0 Å². The van der Waals surface area contributed by atoms with Crippen LogP contribution in [0.25, 0.3) is 0 Å². The number of hydrogen-bond donors (Lipinski definition) is 1. The smallest absolute Gasteiger partial charge is 0.0300 e. The minimum Gasteiger partial charge on any atom is -0.314 e. The van der Waals surface area contributed by atoms with Crippen molar-refractivity contribution in [1.29, 1.82) is 0 Å². The lowest BCUT2D eigenvalue weighted by Gasteiger charge is -2.16. The molecule has 0 saturated heterocycles. The number of nitrogens with one attached hydrogen (secondary N) is 1. The zero-order valence-electron chi connectivity index (χ0n) is 10.9. The molecule has 0 bridgehead atoms. The van der Waals surface area contributed by atoms with E-state index in [0.29, 0.717) is 0 Å². The monoisotopic (exact) mass is 232 g/mol. The fourth-order valence-electron chi connectivity index (χ4n) is 2.66. The standard InChI is InChI=1S/C15H24N2/c1-13-4-2-6-15(8-7-13)17-11-9-14-5-3-10-16-12-14/h3,5,10,12-13,15,17H,2,4,6-9,11H2,1H3. The Kier molecular flexibility index (Phi) is 4.99. The zero-order valence-corrected chi connectivity index (χ0v) is 10.9. The van der Waals surface area contributed by atoms with Gasteiger partial charge in [0.1, 0.15) is 0 Å². The summed E-state index contributed by atoms with van der Waals surface area (Å²) in [5, 5.41) is 3.70. The van der Waals surface area contributed by atoms with Crippen LogP contribution in [-0.2, 0) is 6.42 Å². The molecule has 1 aromatic heterocycles. The molecule has 0 aromatic carbocycles. The largest absolute Gasteiger partial charge is 0.314 e. The Balaban J connectivity index is 1.68. The maximum absolute atomic E-state index is 4.15. The third-order valence-electron chi connectivity index (χ3n) is 3.83. The lowest BCUT2D eigenvalue weighted by Crippen LogP contribution is -2.30. The SMILES string of the molecule is CC1CCCC(NCCc2cccnc2)CC1. The summed E-state index contributed by atoms with van der Waals surface area (Å²) in [5.41, 5.74) is 1.34. The molecule has 1 N–H and O–H groups in total. The molecule has 2 atom stereocenters. The highest BCUT2D eigenvalue weighted by Gasteiger charge is 2.15. The molecule has 1 aliphatic carbocycles. The first-order valence-corrected chi connectivity index (χ1v) is 6.97. The van der Waals surface area contributed by atoms with Gasteiger partial charge >= 0.3 is 0 Å². The molecule has 0 radical (unpaired) electrons. The summed E-state index contributed by atoms with van der Waals surface area (Å²) in [5.74, 6) is 0.931. The fourth-order valence-corrected chi connectivity index (χ4v) is 2.66. The van der Waals surface area contributed by atoms with Gasteiger partial charge in [0.25, 0.3) is 0 Å². The van der Waals surface area contributed by atoms with Gasteiger partial charge in [0.15, 0.2) is 0 Å². The lowest BCUT2D eigenvalue weighted by molar-refractivity contribution is 0.450. The van der Waals surface area contributed by atoms with Gasteiger partial charge in [-0.25, -0.2) is 0 Å². The van der Waals surface area contributed by atoms with E-state index in [4.69, 9.17) is 0 Å². The van der Waals surface area contributed by atoms with Crippen LogP contribution in [0.15, 0.2) is 24.5 Å². The third kappa shape index (κ3) is 4.47. The first kappa shape index (κ1) is 12.6. The van der Waals surface area contributed by atoms with Gasteiger partial charge in [0, 0.05) is 18.4 Å². The average molecular weight is 232 g/mol. The van der Waals surface area contributed by atoms with Crippen LogP contribution in [0.2, 0.25) is 0 Å². The van der Waals surface area contributed by atoms with Gasteiger partial charge in [0.2, 0.25) is 0 Å². The van der Waals surface area contributed by atoms with Gasteiger partial charge in [-0.15, -0.1) is 0 Å². The van der Waals surface area contributed by atoms with Crippen molar-refractivity contribution in [2.75, 3.05) is 6.54 Å². The third-order valence-corrected chi connectivity index (χ3v) is 3.83. The summed E-state index contributed by atoms with van der Waals surface area (Å²) in [6.07, 6.45) is 11.8. The molecule has 2 rings (SSSR count). The number of pyridine rings is 1. The van der Waals surface area contributed by atoms with E-state index in [1.165, 1.54) is 37.7 Å². The molecule has 0 spiro atoms. The molecule has 1 heterocycles. The first-order valence-electron chi connectivity index (χ1n) is 6.97. The van der Waals surface area contributed by atoms with Crippen LogP contribution in [0.4, 0.5) is 0 Å². The predicted octanol–water partition coefficient (Wildman–Crippen LogP) is 3.18. The Morgan fingerprint density at radius 2 is 2.24 bits per heavy atom. The normalized spacial score (nSPS) is 25.5. The number of nitrogens with zero attached hydrogens (tertiary/aromatic N) is 1. The molecule has 0 aliphatic heterocycles. The van der Waals surface area contributed by atoms with Crippen molar-refractivity contribution >= 4 is 0 Å².